The van der Waals surface area contributed by atoms with Gasteiger partial charge in [0.15, 0.2) is 17.3 Å². The Hall–Kier alpha value is -3.95. The molecule has 0 bridgehead atoms. The number of aromatic nitrogens is 4. The van der Waals surface area contributed by atoms with Crippen molar-refractivity contribution in [1.29, 1.82) is 0 Å². The number of nitrogens with two attached hydrogens (primary N) is 2. The highest BCUT2D eigenvalue weighted by Crippen LogP contribution is 2.30. The van der Waals surface area contributed by atoms with E-state index in [0.717, 1.165) is 0 Å². The second-order valence-electron chi connectivity index (χ2n) is 5.01. The number of carboxylic acids is 2. The lowest BCUT2D eigenvalue weighted by Gasteiger charge is -2.09. The second kappa shape index (κ2) is 5.92. The minimum Gasteiger partial charge on any atom is -0.478 e. The summed E-state index contributed by atoms with van der Waals surface area (Å²) < 4.78 is 0. The number of H-pyrrole nitrogens is 1. The summed E-state index contributed by atoms with van der Waals surface area (Å²) in [6, 6.07) is 5.86. The Labute approximate surface area is 140 Å². The first-order valence-corrected chi connectivity index (χ1v) is 6.92. The van der Waals surface area contributed by atoms with E-state index in [1.807, 2.05) is 0 Å². The minimum atomic E-state index is -1.22. The molecule has 0 aliphatic rings. The number of benzene rings is 1. The molecule has 2 heterocycles. The zero-order chi connectivity index (χ0) is 18.1. The van der Waals surface area contributed by atoms with Gasteiger partial charge in [0.2, 0.25) is 0 Å². The molecule has 0 fully saturated rings. The fourth-order valence-corrected chi connectivity index (χ4v) is 2.26. The van der Waals surface area contributed by atoms with E-state index in [4.69, 9.17) is 21.7 Å². The predicted octanol–water partition coefficient (Wildman–Crippen LogP) is 1.09. The molecule has 0 radical (unpaired) electrons. The molecule has 0 aliphatic carbocycles. The molecule has 0 saturated carbocycles. The largest absolute Gasteiger partial charge is 0.478 e. The molecular formula is C15H12N6O4. The fraction of sp³-hybridized carbons (Fsp3) is 0. The van der Waals surface area contributed by atoms with Crippen LogP contribution in [0.2, 0.25) is 0 Å². The van der Waals surface area contributed by atoms with Gasteiger partial charge in [0.05, 0.1) is 11.9 Å². The molecular weight excluding hydrogens is 328 g/mol. The third-order valence-electron chi connectivity index (χ3n) is 3.43. The monoisotopic (exact) mass is 340 g/mol. The van der Waals surface area contributed by atoms with E-state index in [-0.39, 0.29) is 40.0 Å². The van der Waals surface area contributed by atoms with Gasteiger partial charge >= 0.3 is 11.9 Å². The molecule has 10 heteroatoms. The van der Waals surface area contributed by atoms with Gasteiger partial charge in [0, 0.05) is 5.56 Å². The molecule has 10 nitrogen and oxygen atoms in total. The van der Waals surface area contributed by atoms with Crippen LogP contribution in [0, 0.1) is 0 Å². The number of anilines is 2. The Morgan fingerprint density at radius 3 is 2.08 bits per heavy atom. The Balaban J connectivity index is 2.07. The topological polar surface area (TPSA) is 181 Å². The molecule has 3 rings (SSSR count). The van der Waals surface area contributed by atoms with Crippen LogP contribution in [0.4, 0.5) is 11.6 Å². The highest BCUT2D eigenvalue weighted by Gasteiger charge is 2.21. The van der Waals surface area contributed by atoms with E-state index < -0.39 is 11.9 Å². The van der Waals surface area contributed by atoms with Crippen molar-refractivity contribution in [3.8, 4) is 22.6 Å². The number of carbonyl (C=O) groups is 2. The van der Waals surface area contributed by atoms with E-state index in [1.54, 1.807) is 0 Å². The van der Waals surface area contributed by atoms with Crippen LogP contribution in [0.3, 0.4) is 0 Å². The summed E-state index contributed by atoms with van der Waals surface area (Å²) in [4.78, 5) is 36.8. The summed E-state index contributed by atoms with van der Waals surface area (Å²) in [6.45, 7) is 0. The lowest BCUT2D eigenvalue weighted by molar-refractivity contribution is 0.0683. The van der Waals surface area contributed by atoms with Crippen molar-refractivity contribution in [2.24, 2.45) is 0 Å². The van der Waals surface area contributed by atoms with Crippen molar-refractivity contribution in [2.75, 3.05) is 11.5 Å². The van der Waals surface area contributed by atoms with Crippen molar-refractivity contribution in [2.45, 2.75) is 0 Å². The van der Waals surface area contributed by atoms with Crippen molar-refractivity contribution in [3.63, 3.8) is 0 Å². The van der Waals surface area contributed by atoms with E-state index in [9.17, 15) is 9.59 Å². The molecule has 126 valence electrons. The first kappa shape index (κ1) is 15.9. The molecule has 0 unspecified atom stereocenters. The van der Waals surface area contributed by atoms with Gasteiger partial charge in [-0.25, -0.2) is 24.5 Å². The third-order valence-corrected chi connectivity index (χ3v) is 3.43. The molecule has 25 heavy (non-hydrogen) atoms. The van der Waals surface area contributed by atoms with Gasteiger partial charge in [-0.15, -0.1) is 0 Å². The van der Waals surface area contributed by atoms with Gasteiger partial charge in [-0.2, -0.15) is 0 Å². The van der Waals surface area contributed by atoms with Crippen LogP contribution in [0.25, 0.3) is 22.6 Å². The molecule has 2 aromatic heterocycles. The number of nitrogen functional groups attached to an aromatic ring is 2. The molecule has 0 amide bonds. The maximum atomic E-state index is 11.2. The summed E-state index contributed by atoms with van der Waals surface area (Å²) in [5.74, 6) is -2.33. The number of hydrogen-bond acceptors (Lipinski definition) is 7. The van der Waals surface area contributed by atoms with Crippen LogP contribution >= 0.6 is 0 Å². The summed E-state index contributed by atoms with van der Waals surface area (Å²) in [5, 5.41) is 18.1. The van der Waals surface area contributed by atoms with Crippen LogP contribution < -0.4 is 11.5 Å². The van der Waals surface area contributed by atoms with Gasteiger partial charge in [0.25, 0.3) is 0 Å². The number of hydrogen-bond donors (Lipinski definition) is 5. The number of rotatable bonds is 4. The zero-order valence-corrected chi connectivity index (χ0v) is 12.6. The molecule has 7 N–H and O–H groups in total. The normalized spacial score (nSPS) is 10.6. The zero-order valence-electron chi connectivity index (χ0n) is 12.6. The predicted molar refractivity (Wildman–Crippen MR) is 87.8 cm³/mol. The van der Waals surface area contributed by atoms with Gasteiger partial charge in [-0.05, 0) is 12.1 Å². The first-order chi connectivity index (χ1) is 11.9. The lowest BCUT2D eigenvalue weighted by atomic mass is 10.1. The smallest absolute Gasteiger partial charge is 0.354 e. The Kier molecular flexibility index (Phi) is 3.77. The maximum absolute atomic E-state index is 11.2. The van der Waals surface area contributed by atoms with E-state index in [0.29, 0.717) is 5.56 Å². The van der Waals surface area contributed by atoms with Crippen molar-refractivity contribution in [1.82, 2.24) is 19.9 Å². The number of nitrogens with one attached hydrogen (secondary N) is 1. The summed E-state index contributed by atoms with van der Waals surface area (Å²) in [7, 11) is 0. The summed E-state index contributed by atoms with van der Waals surface area (Å²) >= 11 is 0. The molecule has 1 aromatic carbocycles. The highest BCUT2D eigenvalue weighted by molar-refractivity contribution is 5.94. The summed E-state index contributed by atoms with van der Waals surface area (Å²) in [6.07, 6.45) is 1.20. The molecule has 0 spiro atoms. The Bertz CT molecular complexity index is 980. The standard InChI is InChI=1S/C15H12N6O4/c16-12-8(6-1-3-7(4-2-6)14(22)23)20-13(17)10(21-12)9-11(15(24)25)19-5-18-9/h1-5H,(H2,16,21)(H2,17,20)(H,18,19)(H,22,23)(H,24,25). The first-order valence-electron chi connectivity index (χ1n) is 6.92. The maximum Gasteiger partial charge on any atom is 0.354 e. The number of aromatic carboxylic acids is 2. The second-order valence-corrected chi connectivity index (χ2v) is 5.01. The van der Waals surface area contributed by atoms with Gasteiger partial charge in [-0.1, -0.05) is 12.1 Å². The highest BCUT2D eigenvalue weighted by atomic mass is 16.4. The Morgan fingerprint density at radius 1 is 0.880 bits per heavy atom. The number of nitrogens with zero attached hydrogens (tertiary/aromatic N) is 3. The Morgan fingerprint density at radius 2 is 1.48 bits per heavy atom. The number of carboxylic acid groups (broad SMARTS) is 2. The van der Waals surface area contributed by atoms with Crippen molar-refractivity contribution >= 4 is 23.6 Å². The van der Waals surface area contributed by atoms with Gasteiger partial charge in [0.1, 0.15) is 17.1 Å². The van der Waals surface area contributed by atoms with Crippen LogP contribution in [0.1, 0.15) is 20.8 Å². The van der Waals surface area contributed by atoms with Crippen LogP contribution in [0.5, 0.6) is 0 Å². The molecule has 0 atom stereocenters. The van der Waals surface area contributed by atoms with Crippen molar-refractivity contribution < 1.29 is 19.8 Å². The quantitative estimate of drug-likeness (QED) is 0.464. The number of imidazole rings is 1. The molecule has 0 aliphatic heterocycles. The molecule has 0 saturated heterocycles. The van der Waals surface area contributed by atoms with Crippen molar-refractivity contribution in [3.05, 3.63) is 41.9 Å². The van der Waals surface area contributed by atoms with Gasteiger partial charge in [-0.3, -0.25) is 0 Å². The number of aromatic amines is 1. The van der Waals surface area contributed by atoms with Crippen LogP contribution in [-0.2, 0) is 0 Å². The lowest BCUT2D eigenvalue weighted by Crippen LogP contribution is -2.07. The summed E-state index contributed by atoms with van der Waals surface area (Å²) in [5.41, 5.74) is 12.6. The SMILES string of the molecule is Nc1nc(-c2nc[nH]c2C(=O)O)c(N)nc1-c1ccc(C(=O)O)cc1. The van der Waals surface area contributed by atoms with E-state index >= 15 is 0 Å². The average Bonchev–Trinajstić information content (AvgIpc) is 3.06. The van der Waals surface area contributed by atoms with E-state index in [2.05, 4.69) is 19.9 Å². The van der Waals surface area contributed by atoms with Crippen LogP contribution in [0.15, 0.2) is 30.6 Å². The van der Waals surface area contributed by atoms with Gasteiger partial charge < -0.3 is 26.7 Å². The van der Waals surface area contributed by atoms with E-state index in [1.165, 1.54) is 30.6 Å². The van der Waals surface area contributed by atoms with Crippen LogP contribution in [-0.4, -0.2) is 42.1 Å². The fourth-order valence-electron chi connectivity index (χ4n) is 2.26. The molecule has 3 aromatic rings. The third kappa shape index (κ3) is 2.83. The average molecular weight is 340 g/mol. The minimum absolute atomic E-state index is 0.00612.